The van der Waals surface area contributed by atoms with Gasteiger partial charge in [0.1, 0.15) is 0 Å². The minimum absolute atomic E-state index is 0.730. The molecule has 1 fully saturated rings. The minimum atomic E-state index is 0.730. The smallest absolute Gasteiger partial charge is 0.0197 e. The summed E-state index contributed by atoms with van der Waals surface area (Å²) < 4.78 is 0. The van der Waals surface area contributed by atoms with E-state index in [0.717, 1.165) is 12.1 Å². The molecule has 0 spiro atoms. The van der Waals surface area contributed by atoms with Gasteiger partial charge in [0.2, 0.25) is 0 Å². The maximum absolute atomic E-state index is 3.61. The molecular formula is C9H20N2. The number of nitrogens with one attached hydrogen (secondary N) is 1. The van der Waals surface area contributed by atoms with Crippen molar-refractivity contribution in [1.29, 1.82) is 0 Å². The lowest BCUT2D eigenvalue weighted by Gasteiger charge is -2.30. The van der Waals surface area contributed by atoms with Crippen molar-refractivity contribution < 1.29 is 0 Å². The van der Waals surface area contributed by atoms with Crippen molar-refractivity contribution >= 4 is 0 Å². The minimum Gasteiger partial charge on any atom is -0.310 e. The van der Waals surface area contributed by atoms with Gasteiger partial charge in [0.25, 0.3) is 0 Å². The van der Waals surface area contributed by atoms with Gasteiger partial charge in [0, 0.05) is 18.6 Å². The Morgan fingerprint density at radius 2 is 2.09 bits per heavy atom. The molecule has 0 aliphatic carbocycles. The van der Waals surface area contributed by atoms with E-state index >= 15 is 0 Å². The van der Waals surface area contributed by atoms with Gasteiger partial charge in [-0.15, -0.1) is 0 Å². The molecular weight excluding hydrogens is 136 g/mol. The number of rotatable bonds is 2. The van der Waals surface area contributed by atoms with Crippen molar-refractivity contribution in [3.05, 3.63) is 0 Å². The summed E-state index contributed by atoms with van der Waals surface area (Å²) in [5, 5.41) is 3.61. The fourth-order valence-electron chi connectivity index (χ4n) is 1.82. The Kier molecular flexibility index (Phi) is 3.34. The second kappa shape index (κ2) is 4.07. The summed E-state index contributed by atoms with van der Waals surface area (Å²) in [5.41, 5.74) is 0. The zero-order valence-electron chi connectivity index (χ0n) is 7.93. The highest BCUT2D eigenvalue weighted by Crippen LogP contribution is 2.12. The first-order valence-electron chi connectivity index (χ1n) is 4.59. The topological polar surface area (TPSA) is 15.3 Å². The molecule has 1 aliphatic heterocycles. The van der Waals surface area contributed by atoms with Gasteiger partial charge in [-0.3, -0.25) is 0 Å². The van der Waals surface area contributed by atoms with E-state index in [0.29, 0.717) is 0 Å². The Morgan fingerprint density at radius 3 is 2.64 bits per heavy atom. The fraction of sp³-hybridized carbons (Fsp3) is 1.00. The van der Waals surface area contributed by atoms with Crippen LogP contribution in [0, 0.1) is 0 Å². The van der Waals surface area contributed by atoms with Crippen LogP contribution in [0.2, 0.25) is 0 Å². The maximum Gasteiger partial charge on any atom is 0.0197 e. The summed E-state index contributed by atoms with van der Waals surface area (Å²) in [6.07, 6.45) is 4.10. The summed E-state index contributed by atoms with van der Waals surface area (Å²) in [6, 6.07) is 1.46. The molecule has 0 aromatic carbocycles. The Morgan fingerprint density at radius 1 is 1.36 bits per heavy atom. The van der Waals surface area contributed by atoms with Crippen molar-refractivity contribution in [2.45, 2.75) is 38.3 Å². The van der Waals surface area contributed by atoms with Crippen molar-refractivity contribution in [2.24, 2.45) is 0 Å². The van der Waals surface area contributed by atoms with E-state index in [-0.39, 0.29) is 0 Å². The second-order valence-electron chi connectivity index (χ2n) is 3.96. The molecule has 2 atom stereocenters. The van der Waals surface area contributed by atoms with E-state index < -0.39 is 0 Å². The quantitative estimate of drug-likeness (QED) is 0.643. The molecule has 1 N–H and O–H groups in total. The Labute approximate surface area is 70.0 Å². The Balaban J connectivity index is 2.23. The average Bonchev–Trinajstić information content (AvgIpc) is 1.85. The lowest BCUT2D eigenvalue weighted by atomic mass is 9.99. The largest absolute Gasteiger partial charge is 0.310 e. The average molecular weight is 156 g/mol. The van der Waals surface area contributed by atoms with Crippen LogP contribution in [0.15, 0.2) is 0 Å². The maximum atomic E-state index is 3.61. The van der Waals surface area contributed by atoms with Crippen molar-refractivity contribution in [3.8, 4) is 0 Å². The van der Waals surface area contributed by atoms with Gasteiger partial charge in [-0.2, -0.15) is 0 Å². The molecule has 1 rings (SSSR count). The number of hydrogen-bond acceptors (Lipinski definition) is 2. The normalized spacial score (nSPS) is 32.7. The van der Waals surface area contributed by atoms with Crippen LogP contribution in [0.5, 0.6) is 0 Å². The number of piperidine rings is 1. The highest BCUT2D eigenvalue weighted by molar-refractivity contribution is 4.78. The molecule has 0 bridgehead atoms. The first-order chi connectivity index (χ1) is 5.18. The molecule has 11 heavy (non-hydrogen) atoms. The van der Waals surface area contributed by atoms with E-state index in [1.54, 1.807) is 0 Å². The lowest BCUT2D eigenvalue weighted by molar-refractivity contribution is 0.267. The zero-order valence-corrected chi connectivity index (χ0v) is 7.93. The van der Waals surface area contributed by atoms with Crippen LogP contribution in [0.25, 0.3) is 0 Å². The summed E-state index contributed by atoms with van der Waals surface area (Å²) in [5.74, 6) is 0. The molecule has 1 unspecified atom stereocenters. The number of likely N-dealkylation sites (N-methyl/N-ethyl adjacent to an activating group) is 1. The Hall–Kier alpha value is -0.0800. The third-order valence-electron chi connectivity index (χ3n) is 2.30. The van der Waals surface area contributed by atoms with E-state index in [1.807, 2.05) is 0 Å². The van der Waals surface area contributed by atoms with Crippen LogP contribution in [0.1, 0.15) is 26.2 Å². The van der Waals surface area contributed by atoms with Gasteiger partial charge in [-0.05, 0) is 33.9 Å². The van der Waals surface area contributed by atoms with Crippen LogP contribution in [0.4, 0.5) is 0 Å². The molecule has 1 heterocycles. The summed E-state index contributed by atoms with van der Waals surface area (Å²) in [4.78, 5) is 2.26. The van der Waals surface area contributed by atoms with Gasteiger partial charge in [-0.25, -0.2) is 0 Å². The molecule has 2 heteroatoms. The second-order valence-corrected chi connectivity index (χ2v) is 3.96. The predicted molar refractivity (Wildman–Crippen MR) is 48.8 cm³/mol. The summed E-state index contributed by atoms with van der Waals surface area (Å²) >= 11 is 0. The molecule has 0 saturated carbocycles. The molecule has 0 aromatic rings. The molecule has 66 valence electrons. The first kappa shape index (κ1) is 9.01. The van der Waals surface area contributed by atoms with E-state index in [4.69, 9.17) is 0 Å². The van der Waals surface area contributed by atoms with Crippen LogP contribution in [0.3, 0.4) is 0 Å². The van der Waals surface area contributed by atoms with Crippen LogP contribution >= 0.6 is 0 Å². The number of hydrogen-bond donors (Lipinski definition) is 1. The van der Waals surface area contributed by atoms with Crippen molar-refractivity contribution in [1.82, 2.24) is 10.2 Å². The van der Waals surface area contributed by atoms with Gasteiger partial charge in [0.15, 0.2) is 0 Å². The zero-order chi connectivity index (χ0) is 8.27. The van der Waals surface area contributed by atoms with Gasteiger partial charge in [-0.1, -0.05) is 6.42 Å². The van der Waals surface area contributed by atoms with Crippen LogP contribution in [-0.2, 0) is 0 Å². The van der Waals surface area contributed by atoms with E-state index in [9.17, 15) is 0 Å². The SMILES string of the molecule is CC1CCC[C@H](CN(C)C)N1. The number of nitrogens with zero attached hydrogens (tertiary/aromatic N) is 1. The predicted octanol–water partition coefficient (Wildman–Crippen LogP) is 1.08. The van der Waals surface area contributed by atoms with Crippen LogP contribution < -0.4 is 5.32 Å². The molecule has 0 amide bonds. The molecule has 0 aromatic heterocycles. The van der Waals surface area contributed by atoms with Crippen LogP contribution in [-0.4, -0.2) is 37.6 Å². The molecule has 2 nitrogen and oxygen atoms in total. The summed E-state index contributed by atoms with van der Waals surface area (Å²) in [6.45, 7) is 3.46. The van der Waals surface area contributed by atoms with Crippen molar-refractivity contribution in [3.63, 3.8) is 0 Å². The third-order valence-corrected chi connectivity index (χ3v) is 2.30. The molecule has 1 aliphatic rings. The Bertz CT molecular complexity index is 110. The fourth-order valence-corrected chi connectivity index (χ4v) is 1.82. The molecule has 0 radical (unpaired) electrons. The highest BCUT2D eigenvalue weighted by Gasteiger charge is 2.17. The van der Waals surface area contributed by atoms with Gasteiger partial charge in [0.05, 0.1) is 0 Å². The lowest BCUT2D eigenvalue weighted by Crippen LogP contribution is -2.45. The standard InChI is InChI=1S/C9H20N2/c1-8-5-4-6-9(10-8)7-11(2)3/h8-10H,4-7H2,1-3H3/t8?,9-/m1/s1. The summed E-state index contributed by atoms with van der Waals surface area (Å²) in [7, 11) is 4.28. The van der Waals surface area contributed by atoms with Gasteiger partial charge < -0.3 is 10.2 Å². The van der Waals surface area contributed by atoms with E-state index in [1.165, 1.54) is 25.8 Å². The van der Waals surface area contributed by atoms with E-state index in [2.05, 4.69) is 31.2 Å². The highest BCUT2D eigenvalue weighted by atomic mass is 15.1. The monoisotopic (exact) mass is 156 g/mol. The molecule has 1 saturated heterocycles. The van der Waals surface area contributed by atoms with Crippen molar-refractivity contribution in [2.75, 3.05) is 20.6 Å². The van der Waals surface area contributed by atoms with Gasteiger partial charge >= 0.3 is 0 Å². The first-order valence-corrected chi connectivity index (χ1v) is 4.59. The third kappa shape index (κ3) is 3.21.